The number of benzene rings is 1. The first kappa shape index (κ1) is 20.7. The lowest BCUT2D eigenvalue weighted by Gasteiger charge is -2.33. The highest BCUT2D eigenvalue weighted by Gasteiger charge is 2.33. The number of hydrogen-bond donors (Lipinski definition) is 1. The minimum absolute atomic E-state index is 0.0734. The highest BCUT2D eigenvalue weighted by molar-refractivity contribution is 6.41. The largest absolute Gasteiger partial charge is 0.465 e. The predicted molar refractivity (Wildman–Crippen MR) is 87.3 cm³/mol. The van der Waals surface area contributed by atoms with E-state index in [9.17, 15) is 27.6 Å². The molecule has 0 spiro atoms. The lowest BCUT2D eigenvalue weighted by molar-refractivity contribution is -0.139. The second-order valence-electron chi connectivity index (χ2n) is 5.97. The van der Waals surface area contributed by atoms with E-state index in [4.69, 9.17) is 5.11 Å². The fourth-order valence-corrected chi connectivity index (χ4v) is 2.75. The number of alkyl halides is 3. The molecule has 1 aromatic rings. The second-order valence-corrected chi connectivity index (χ2v) is 5.97. The minimum Gasteiger partial charge on any atom is -0.465 e. The van der Waals surface area contributed by atoms with Crippen LogP contribution in [0.25, 0.3) is 0 Å². The molecule has 1 heterocycles. The molecule has 0 unspecified atom stereocenters. The highest BCUT2D eigenvalue weighted by Crippen LogP contribution is 2.31. The first-order valence-corrected chi connectivity index (χ1v) is 8.25. The van der Waals surface area contributed by atoms with Gasteiger partial charge in [0.1, 0.15) is 0 Å². The van der Waals surface area contributed by atoms with Crippen LogP contribution in [0.4, 0.5) is 18.0 Å². The van der Waals surface area contributed by atoms with Gasteiger partial charge in [-0.05, 0) is 24.6 Å². The molecule has 1 N–H and O–H groups in total. The molecule has 2 rings (SSSR count). The van der Waals surface area contributed by atoms with Gasteiger partial charge < -0.3 is 14.7 Å². The number of Topliss-reactive ketones (excluding diaryl/α,β-unsaturated/α-hetero) is 1. The molecule has 7 nitrogen and oxygen atoms in total. The molecule has 1 aromatic carbocycles. The Bertz CT molecular complexity index is 728. The lowest BCUT2D eigenvalue weighted by Crippen LogP contribution is -2.47. The van der Waals surface area contributed by atoms with E-state index in [0.29, 0.717) is 19.2 Å². The van der Waals surface area contributed by atoms with Gasteiger partial charge >= 0.3 is 18.2 Å². The van der Waals surface area contributed by atoms with Gasteiger partial charge in [0.25, 0.3) is 5.78 Å². The van der Waals surface area contributed by atoms with Crippen molar-refractivity contribution in [2.24, 2.45) is 0 Å². The maximum atomic E-state index is 13.0. The summed E-state index contributed by atoms with van der Waals surface area (Å²) in [6.07, 6.45) is -5.70. The van der Waals surface area contributed by atoms with E-state index < -0.39 is 29.6 Å². The summed E-state index contributed by atoms with van der Waals surface area (Å²) in [6, 6.07) is 2.67. The van der Waals surface area contributed by atoms with Crippen LogP contribution in [-0.4, -0.2) is 65.5 Å². The summed E-state index contributed by atoms with van der Waals surface area (Å²) in [7, 11) is 0. The van der Waals surface area contributed by atoms with Crippen molar-refractivity contribution < 1.29 is 37.4 Å². The Morgan fingerprint density at radius 2 is 1.78 bits per heavy atom. The number of hydrogen-bond acceptors (Lipinski definition) is 5. The van der Waals surface area contributed by atoms with E-state index in [2.05, 4.69) is 4.74 Å². The molecule has 0 aliphatic carbocycles. The molecule has 1 aliphatic rings. The zero-order valence-corrected chi connectivity index (χ0v) is 14.6. The maximum Gasteiger partial charge on any atom is 0.416 e. The monoisotopic (exact) mass is 388 g/mol. The third-order valence-corrected chi connectivity index (χ3v) is 4.18. The van der Waals surface area contributed by atoms with Gasteiger partial charge in [0.15, 0.2) is 0 Å². The van der Waals surface area contributed by atoms with Crippen LogP contribution in [-0.2, 0) is 22.3 Å². The fourth-order valence-electron chi connectivity index (χ4n) is 2.75. The number of carbonyl (C=O) groups excluding carboxylic acids is 2. The van der Waals surface area contributed by atoms with Gasteiger partial charge in [-0.2, -0.15) is 13.2 Å². The molecule has 148 valence electrons. The maximum absolute atomic E-state index is 13.0. The molecule has 1 aliphatic heterocycles. The Hall–Kier alpha value is -2.62. The van der Waals surface area contributed by atoms with Crippen LogP contribution in [0.15, 0.2) is 18.2 Å². The highest BCUT2D eigenvalue weighted by atomic mass is 19.4. The molecule has 0 saturated carbocycles. The number of esters is 1. The molecule has 0 radical (unpaired) electrons. The summed E-state index contributed by atoms with van der Waals surface area (Å²) in [5.41, 5.74) is -1.14. The van der Waals surface area contributed by atoms with Crippen molar-refractivity contribution in [2.75, 3.05) is 32.8 Å². The zero-order chi connectivity index (χ0) is 20.2. The van der Waals surface area contributed by atoms with Crippen LogP contribution < -0.4 is 0 Å². The van der Waals surface area contributed by atoms with Gasteiger partial charge in [-0.1, -0.05) is 6.07 Å². The molecular weight excluding hydrogens is 369 g/mol. The fraction of sp³-hybridized carbons (Fsp3) is 0.471. The van der Waals surface area contributed by atoms with E-state index in [1.807, 2.05) is 4.90 Å². The summed E-state index contributed by atoms with van der Waals surface area (Å²) < 4.78 is 43.6. The summed E-state index contributed by atoms with van der Waals surface area (Å²) in [6.45, 7) is 2.75. The molecular formula is C17H19F3N2O5. The SMILES string of the molecule is CCOC(=O)C(=O)c1cc(C(F)(F)F)ccc1CN1CCN(C(=O)O)CC1. The van der Waals surface area contributed by atoms with Crippen LogP contribution in [0, 0.1) is 0 Å². The molecule has 1 fully saturated rings. The Labute approximate surface area is 153 Å². The normalized spacial score (nSPS) is 15.5. The Morgan fingerprint density at radius 3 is 2.30 bits per heavy atom. The third kappa shape index (κ3) is 5.19. The van der Waals surface area contributed by atoms with Gasteiger partial charge in [-0.15, -0.1) is 0 Å². The van der Waals surface area contributed by atoms with Gasteiger partial charge in [-0.25, -0.2) is 9.59 Å². The topological polar surface area (TPSA) is 87.2 Å². The number of nitrogens with zero attached hydrogens (tertiary/aromatic N) is 2. The standard InChI is InChI=1S/C17H19F3N2O5/c1-2-27-15(24)14(23)13-9-12(17(18,19)20)4-3-11(13)10-21-5-7-22(8-6-21)16(25)26/h3-4,9H,2,5-8,10H2,1H3,(H,25,26). The first-order valence-electron chi connectivity index (χ1n) is 8.25. The Kier molecular flexibility index (Phi) is 6.42. The van der Waals surface area contributed by atoms with E-state index in [1.165, 1.54) is 17.9 Å². The molecule has 1 amide bonds. The average molecular weight is 388 g/mol. The number of carbonyl (C=O) groups is 3. The van der Waals surface area contributed by atoms with E-state index >= 15 is 0 Å². The van der Waals surface area contributed by atoms with Crippen molar-refractivity contribution in [1.29, 1.82) is 0 Å². The summed E-state index contributed by atoms with van der Waals surface area (Å²) in [4.78, 5) is 38.0. The van der Waals surface area contributed by atoms with Crippen LogP contribution in [0.1, 0.15) is 28.4 Å². The first-order chi connectivity index (χ1) is 12.6. The molecule has 0 atom stereocenters. The number of halogens is 3. The average Bonchev–Trinajstić information content (AvgIpc) is 2.61. The van der Waals surface area contributed by atoms with Crippen molar-refractivity contribution in [3.8, 4) is 0 Å². The quantitative estimate of drug-likeness (QED) is 0.473. The minimum atomic E-state index is -4.66. The van der Waals surface area contributed by atoms with Gasteiger partial charge in [0.2, 0.25) is 0 Å². The van der Waals surface area contributed by atoms with Gasteiger partial charge in [-0.3, -0.25) is 9.69 Å². The van der Waals surface area contributed by atoms with Crippen molar-refractivity contribution in [3.05, 3.63) is 34.9 Å². The number of piperazine rings is 1. The summed E-state index contributed by atoms with van der Waals surface area (Å²) in [5.74, 6) is -2.35. The van der Waals surface area contributed by atoms with Crippen molar-refractivity contribution in [2.45, 2.75) is 19.6 Å². The molecule has 1 saturated heterocycles. The molecule has 0 bridgehead atoms. The number of carboxylic acid groups (broad SMARTS) is 1. The van der Waals surface area contributed by atoms with E-state index in [0.717, 1.165) is 6.07 Å². The lowest BCUT2D eigenvalue weighted by atomic mass is 9.99. The van der Waals surface area contributed by atoms with Crippen molar-refractivity contribution in [3.63, 3.8) is 0 Å². The van der Waals surface area contributed by atoms with Crippen LogP contribution in [0.3, 0.4) is 0 Å². The predicted octanol–water partition coefficient (Wildman–Crippen LogP) is 2.25. The van der Waals surface area contributed by atoms with Gasteiger partial charge in [0.05, 0.1) is 12.2 Å². The van der Waals surface area contributed by atoms with Gasteiger partial charge in [0, 0.05) is 38.3 Å². The van der Waals surface area contributed by atoms with E-state index in [1.54, 1.807) is 0 Å². The number of ether oxygens (including phenoxy) is 1. The Balaban J connectivity index is 2.25. The summed E-state index contributed by atoms with van der Waals surface area (Å²) >= 11 is 0. The smallest absolute Gasteiger partial charge is 0.416 e. The van der Waals surface area contributed by atoms with Crippen molar-refractivity contribution >= 4 is 17.8 Å². The van der Waals surface area contributed by atoms with Crippen LogP contribution in [0.2, 0.25) is 0 Å². The van der Waals surface area contributed by atoms with Crippen LogP contribution >= 0.6 is 0 Å². The molecule has 10 heteroatoms. The number of amides is 1. The molecule has 27 heavy (non-hydrogen) atoms. The second kappa shape index (κ2) is 8.38. The van der Waals surface area contributed by atoms with E-state index in [-0.39, 0.29) is 37.4 Å². The third-order valence-electron chi connectivity index (χ3n) is 4.18. The van der Waals surface area contributed by atoms with Crippen LogP contribution in [0.5, 0.6) is 0 Å². The number of ketones is 1. The molecule has 0 aromatic heterocycles. The zero-order valence-electron chi connectivity index (χ0n) is 14.6. The van der Waals surface area contributed by atoms with Crippen molar-refractivity contribution in [1.82, 2.24) is 9.80 Å². The summed E-state index contributed by atoms with van der Waals surface area (Å²) in [5, 5.41) is 8.95. The number of rotatable bonds is 5. The Morgan fingerprint density at radius 1 is 1.15 bits per heavy atom.